The van der Waals surface area contributed by atoms with Crippen LogP contribution in [-0.4, -0.2) is 42.8 Å². The molecule has 2 aliphatic heterocycles. The number of para-hydroxylation sites is 2. The van der Waals surface area contributed by atoms with E-state index < -0.39 is 29.7 Å². The highest BCUT2D eigenvalue weighted by Gasteiger charge is 2.56. The molecule has 0 aliphatic carbocycles. The van der Waals surface area contributed by atoms with Crippen LogP contribution in [0.2, 0.25) is 0 Å². The minimum Gasteiger partial charge on any atom is -0.492 e. The summed E-state index contributed by atoms with van der Waals surface area (Å²) in [6, 6.07) is 5.88. The highest BCUT2D eigenvalue weighted by molar-refractivity contribution is 6.46. The smallest absolute Gasteiger partial charge is 0.355 e. The second-order valence-electron chi connectivity index (χ2n) is 5.21. The lowest BCUT2D eigenvalue weighted by Crippen LogP contribution is -2.36. The van der Waals surface area contributed by atoms with E-state index >= 15 is 0 Å². The highest BCUT2D eigenvalue weighted by Crippen LogP contribution is 2.36. The van der Waals surface area contributed by atoms with Crippen LogP contribution in [-0.2, 0) is 19.1 Å². The first-order valence-corrected chi connectivity index (χ1v) is 7.70. The number of nitrogens with zero attached hydrogens (tertiary/aromatic N) is 2. The van der Waals surface area contributed by atoms with Gasteiger partial charge in [-0.1, -0.05) is 12.1 Å². The van der Waals surface area contributed by atoms with Gasteiger partial charge < -0.3 is 9.47 Å². The van der Waals surface area contributed by atoms with Crippen molar-refractivity contribution in [1.29, 1.82) is 0 Å². The number of amides is 2. The van der Waals surface area contributed by atoms with Gasteiger partial charge in [-0.3, -0.25) is 15.0 Å². The first kappa shape index (κ1) is 16.0. The first-order chi connectivity index (χ1) is 11.6. The van der Waals surface area contributed by atoms with Gasteiger partial charge in [-0.15, -0.1) is 0 Å². The molecule has 2 heterocycles. The molecule has 0 radical (unpaired) electrons. The van der Waals surface area contributed by atoms with Crippen molar-refractivity contribution in [2.45, 2.75) is 19.9 Å². The summed E-state index contributed by atoms with van der Waals surface area (Å²) in [5.41, 5.74) is 2.86. The molecule has 2 aliphatic rings. The molecule has 126 valence electrons. The monoisotopic (exact) mass is 331 g/mol. The molecule has 2 amide bonds. The minimum atomic E-state index is -0.980. The Morgan fingerprint density at radius 3 is 2.67 bits per heavy atom. The molecule has 2 atom stereocenters. The summed E-state index contributed by atoms with van der Waals surface area (Å²) in [6.07, 6.45) is 0. The molecule has 1 N–H and O–H groups in total. The molecule has 24 heavy (non-hydrogen) atoms. The number of benzene rings is 1. The van der Waals surface area contributed by atoms with E-state index in [1.165, 1.54) is 0 Å². The van der Waals surface area contributed by atoms with Gasteiger partial charge in [0, 0.05) is 0 Å². The normalized spacial score (nSPS) is 22.1. The Kier molecular flexibility index (Phi) is 4.20. The van der Waals surface area contributed by atoms with Crippen LogP contribution in [0, 0.1) is 5.92 Å². The van der Waals surface area contributed by atoms with Gasteiger partial charge in [0.2, 0.25) is 5.91 Å². The van der Waals surface area contributed by atoms with Crippen LogP contribution in [0.5, 0.6) is 5.75 Å². The molecule has 1 aromatic rings. The Morgan fingerprint density at radius 2 is 1.96 bits per heavy atom. The number of hydrogen-bond acceptors (Lipinski definition) is 7. The van der Waals surface area contributed by atoms with E-state index in [9.17, 15) is 14.4 Å². The Bertz CT molecular complexity index is 730. The molecule has 1 aromatic carbocycles. The molecule has 3 rings (SSSR count). The Labute approximate surface area is 138 Å². The topological polar surface area (TPSA) is 97.3 Å². The number of ether oxygens (including phenoxy) is 2. The fourth-order valence-corrected chi connectivity index (χ4v) is 2.82. The van der Waals surface area contributed by atoms with Crippen molar-refractivity contribution < 1.29 is 23.9 Å². The van der Waals surface area contributed by atoms with Crippen LogP contribution in [0.15, 0.2) is 29.4 Å². The predicted molar refractivity (Wildman–Crippen MR) is 84.6 cm³/mol. The van der Waals surface area contributed by atoms with E-state index in [2.05, 4.69) is 10.5 Å². The van der Waals surface area contributed by atoms with Crippen LogP contribution < -0.4 is 15.1 Å². The second kappa shape index (κ2) is 6.31. The molecule has 8 heteroatoms. The zero-order valence-corrected chi connectivity index (χ0v) is 13.3. The van der Waals surface area contributed by atoms with E-state index in [0.717, 1.165) is 4.90 Å². The molecule has 0 bridgehead atoms. The molecule has 0 aromatic heterocycles. The van der Waals surface area contributed by atoms with Crippen LogP contribution in [0.1, 0.15) is 13.8 Å². The average Bonchev–Trinajstić information content (AvgIpc) is 3.10. The number of fused-ring (bicyclic) bond motifs is 1. The van der Waals surface area contributed by atoms with E-state index in [-0.39, 0.29) is 12.3 Å². The standard InChI is InChI=1S/C16H17N3O5/c1-3-23-10-8-6-5-7-9(10)19-14(20)11-12(15(19)21)17-18-13(11)16(22)24-4-2/h5-8,11-12,17H,3-4H2,1-2H3/t11-,12-/m0/s1. The van der Waals surface area contributed by atoms with Gasteiger partial charge in [0.15, 0.2) is 5.71 Å². The van der Waals surface area contributed by atoms with Gasteiger partial charge in [0.1, 0.15) is 17.7 Å². The molecular formula is C16H17N3O5. The van der Waals surface area contributed by atoms with Crippen LogP contribution in [0.3, 0.4) is 0 Å². The minimum absolute atomic E-state index is 0.0726. The summed E-state index contributed by atoms with van der Waals surface area (Å²) in [5, 5.41) is 3.82. The third-order valence-electron chi connectivity index (χ3n) is 3.82. The summed E-state index contributed by atoms with van der Waals surface area (Å²) >= 11 is 0. The number of imide groups is 1. The van der Waals surface area contributed by atoms with Gasteiger partial charge in [-0.05, 0) is 26.0 Å². The Morgan fingerprint density at radius 1 is 1.21 bits per heavy atom. The molecular weight excluding hydrogens is 314 g/mol. The number of rotatable bonds is 5. The molecule has 8 nitrogen and oxygen atoms in total. The van der Waals surface area contributed by atoms with Crippen molar-refractivity contribution in [2.24, 2.45) is 11.0 Å². The van der Waals surface area contributed by atoms with Crippen molar-refractivity contribution in [3.05, 3.63) is 24.3 Å². The number of nitrogens with one attached hydrogen (secondary N) is 1. The molecule has 0 unspecified atom stereocenters. The fourth-order valence-electron chi connectivity index (χ4n) is 2.82. The predicted octanol–water partition coefficient (Wildman–Crippen LogP) is 0.466. The largest absolute Gasteiger partial charge is 0.492 e. The van der Waals surface area contributed by atoms with Gasteiger partial charge in [-0.25, -0.2) is 9.69 Å². The molecule has 0 saturated carbocycles. The maximum Gasteiger partial charge on any atom is 0.355 e. The number of anilines is 1. The first-order valence-electron chi connectivity index (χ1n) is 7.70. The average molecular weight is 331 g/mol. The number of hydrazone groups is 1. The lowest BCUT2D eigenvalue weighted by Gasteiger charge is -2.19. The van der Waals surface area contributed by atoms with Crippen molar-refractivity contribution in [1.82, 2.24) is 5.43 Å². The summed E-state index contributed by atoms with van der Waals surface area (Å²) in [5.74, 6) is -2.24. The summed E-state index contributed by atoms with van der Waals surface area (Å²) in [4.78, 5) is 38.4. The van der Waals surface area contributed by atoms with Crippen molar-refractivity contribution in [2.75, 3.05) is 18.1 Å². The summed E-state index contributed by atoms with van der Waals surface area (Å²) < 4.78 is 10.4. The maximum absolute atomic E-state index is 12.8. The van der Waals surface area contributed by atoms with Crippen molar-refractivity contribution in [3.8, 4) is 5.75 Å². The van der Waals surface area contributed by atoms with Crippen LogP contribution in [0.4, 0.5) is 5.69 Å². The lowest BCUT2D eigenvalue weighted by molar-refractivity contribution is -0.136. The maximum atomic E-state index is 12.8. The lowest BCUT2D eigenvalue weighted by atomic mass is 9.99. The number of hydrogen-bond donors (Lipinski definition) is 1. The second-order valence-corrected chi connectivity index (χ2v) is 5.21. The highest BCUT2D eigenvalue weighted by atomic mass is 16.5. The summed E-state index contributed by atoms with van der Waals surface area (Å²) in [7, 11) is 0. The van der Waals surface area contributed by atoms with Crippen LogP contribution >= 0.6 is 0 Å². The fraction of sp³-hybridized carbons (Fsp3) is 0.375. The third kappa shape index (κ3) is 2.40. The summed E-state index contributed by atoms with van der Waals surface area (Å²) in [6.45, 7) is 4.03. The molecule has 1 fully saturated rings. The zero-order valence-electron chi connectivity index (χ0n) is 13.3. The van der Waals surface area contributed by atoms with Crippen LogP contribution in [0.25, 0.3) is 0 Å². The van der Waals surface area contributed by atoms with Crippen molar-refractivity contribution in [3.63, 3.8) is 0 Å². The third-order valence-corrected chi connectivity index (χ3v) is 3.82. The van der Waals surface area contributed by atoms with E-state index in [1.54, 1.807) is 31.2 Å². The quantitative estimate of drug-likeness (QED) is 0.622. The molecule has 1 saturated heterocycles. The van der Waals surface area contributed by atoms with Gasteiger partial charge in [0.05, 0.1) is 18.9 Å². The van der Waals surface area contributed by atoms with Crippen molar-refractivity contribution >= 4 is 29.2 Å². The van der Waals surface area contributed by atoms with E-state index in [0.29, 0.717) is 18.0 Å². The van der Waals surface area contributed by atoms with Gasteiger partial charge >= 0.3 is 5.97 Å². The number of carbonyl (C=O) groups excluding carboxylic acids is 3. The van der Waals surface area contributed by atoms with E-state index in [4.69, 9.17) is 9.47 Å². The Balaban J connectivity index is 1.94. The van der Waals surface area contributed by atoms with E-state index in [1.807, 2.05) is 6.92 Å². The SMILES string of the molecule is CCOC(=O)C1=NN[C@@H]2C(=O)N(c3ccccc3OCC)C(=O)[C@H]12. The van der Waals surface area contributed by atoms with Gasteiger partial charge in [0.25, 0.3) is 5.91 Å². The number of carbonyl (C=O) groups is 3. The number of esters is 1. The zero-order chi connectivity index (χ0) is 17.3. The van der Waals surface area contributed by atoms with Gasteiger partial charge in [-0.2, -0.15) is 5.10 Å². The molecule has 0 spiro atoms. The Hall–Kier alpha value is -2.90.